The molecule has 2 N–H and O–H groups in total. The zero-order valence-corrected chi connectivity index (χ0v) is 32.6. The van der Waals surface area contributed by atoms with E-state index in [1.54, 1.807) is 6.92 Å². The van der Waals surface area contributed by atoms with Gasteiger partial charge in [-0.3, -0.25) is 18.2 Å². The van der Waals surface area contributed by atoms with Crippen molar-refractivity contribution in [3.8, 4) is 0 Å². The second-order valence-corrected chi connectivity index (χ2v) is 15.2. The van der Waals surface area contributed by atoms with Crippen LogP contribution >= 0.6 is 0 Å². The zero-order chi connectivity index (χ0) is 42.1. The highest BCUT2D eigenvalue weighted by Gasteiger charge is 2.42. The van der Waals surface area contributed by atoms with Gasteiger partial charge in [-0.05, 0) is 52.0 Å². The number of aryl methyl sites for hydroxylation is 3. The summed E-state index contributed by atoms with van der Waals surface area (Å²) < 4.78 is 64.1. The lowest BCUT2D eigenvalue weighted by Gasteiger charge is -2.39. The fourth-order valence-corrected chi connectivity index (χ4v) is 6.66. The molecule has 2 fully saturated rings. The highest BCUT2D eigenvalue weighted by molar-refractivity contribution is 7.85. The lowest BCUT2D eigenvalue weighted by molar-refractivity contribution is -0.159. The Kier molecular flexibility index (Phi) is 16.1. The maximum atomic E-state index is 14.9. The fraction of sp³-hybridized carbons (Fsp3) is 0.588. The molecule has 2 aliphatic heterocycles. The number of benzene rings is 1. The topological polar surface area (TPSA) is 244 Å². The van der Waals surface area contributed by atoms with Crippen molar-refractivity contribution in [3.63, 3.8) is 0 Å². The van der Waals surface area contributed by atoms with Crippen LogP contribution in [0, 0.1) is 20.8 Å². The van der Waals surface area contributed by atoms with E-state index in [1.165, 1.54) is 36.7 Å². The Labute approximate surface area is 319 Å². The van der Waals surface area contributed by atoms with E-state index in [2.05, 4.69) is 44.2 Å². The van der Waals surface area contributed by atoms with Gasteiger partial charge in [-0.2, -0.15) is 18.4 Å². The molecule has 0 spiro atoms. The van der Waals surface area contributed by atoms with Gasteiger partial charge in [0.1, 0.15) is 24.0 Å². The smallest absolute Gasteiger partial charge is 0.414 e. The van der Waals surface area contributed by atoms with Gasteiger partial charge in [0.15, 0.2) is 0 Å². The summed E-state index contributed by atoms with van der Waals surface area (Å²) in [7, 11) is -0.846. The summed E-state index contributed by atoms with van der Waals surface area (Å²) in [6, 6.07) is 8.92. The Hall–Kier alpha value is -4.93. The van der Waals surface area contributed by atoms with E-state index >= 15 is 0 Å². The molecule has 0 amide bonds. The zero-order valence-electron chi connectivity index (χ0n) is 31.8. The van der Waals surface area contributed by atoms with Crippen molar-refractivity contribution in [2.24, 2.45) is 14.1 Å². The van der Waals surface area contributed by atoms with Crippen molar-refractivity contribution in [2.75, 3.05) is 19.4 Å². The Morgan fingerprint density at radius 1 is 0.839 bits per heavy atom. The highest BCUT2D eigenvalue weighted by atomic mass is 32.2. The first-order chi connectivity index (χ1) is 26.1. The van der Waals surface area contributed by atoms with Gasteiger partial charge >= 0.3 is 34.7 Å². The molecule has 3 aromatic rings. The molecule has 0 saturated carbocycles. The summed E-state index contributed by atoms with van der Waals surface area (Å²) in [5.74, 6) is -3.12. The number of piperidine rings is 1. The molecule has 4 heterocycles. The Bertz CT molecular complexity index is 2200. The number of halogens is 2. The number of hydrogen-bond acceptors (Lipinski definition) is 13. The van der Waals surface area contributed by atoms with Gasteiger partial charge < -0.3 is 14.9 Å². The lowest BCUT2D eigenvalue weighted by atomic mass is 9.99. The molecule has 2 aromatic heterocycles. The third-order valence-electron chi connectivity index (χ3n) is 9.21. The number of rotatable bonds is 12. The number of carboxylic acids is 2. The van der Waals surface area contributed by atoms with Crippen LogP contribution in [-0.2, 0) is 62.4 Å². The van der Waals surface area contributed by atoms with Gasteiger partial charge in [-0.25, -0.2) is 46.7 Å². The quantitative estimate of drug-likeness (QED) is 0.178. The first kappa shape index (κ1) is 45.5. The first-order valence-corrected chi connectivity index (χ1v) is 19.2. The third kappa shape index (κ3) is 13.1. The molecular weight excluding hydrogens is 768 g/mol. The molecule has 5 rings (SSSR count). The highest BCUT2D eigenvalue weighted by Crippen LogP contribution is 2.37. The molecule has 310 valence electrons. The molecule has 2 saturated heterocycles. The van der Waals surface area contributed by atoms with Crippen molar-refractivity contribution in [2.45, 2.75) is 96.7 Å². The van der Waals surface area contributed by atoms with E-state index in [4.69, 9.17) is 24.5 Å². The Balaban J connectivity index is 0.000000286. The molecule has 4 atom stereocenters. The minimum atomic E-state index is -3.77. The Morgan fingerprint density at radius 2 is 1.32 bits per heavy atom. The van der Waals surface area contributed by atoms with Crippen LogP contribution in [0.5, 0.6) is 0 Å². The number of carbonyl (C=O) groups is 2. The van der Waals surface area contributed by atoms with Crippen molar-refractivity contribution in [1.82, 2.24) is 33.1 Å². The second-order valence-electron chi connectivity index (χ2n) is 13.6. The average molecular weight is 816 g/mol. The van der Waals surface area contributed by atoms with E-state index in [-0.39, 0.29) is 37.1 Å². The molecule has 0 aliphatic carbocycles. The molecule has 2 bridgehead atoms. The van der Waals surface area contributed by atoms with Crippen LogP contribution in [0.1, 0.15) is 48.5 Å². The summed E-state index contributed by atoms with van der Waals surface area (Å²) >= 11 is 0. The molecule has 22 heteroatoms. The van der Waals surface area contributed by atoms with Crippen LogP contribution in [0.15, 0.2) is 43.4 Å². The number of aliphatic carboxylic acids is 2. The number of carboxylic acid groups (broad SMARTS) is 2. The molecule has 1 aromatic carbocycles. The van der Waals surface area contributed by atoms with E-state index in [0.29, 0.717) is 17.0 Å². The van der Waals surface area contributed by atoms with Crippen LogP contribution in [0.25, 0.3) is 0 Å². The number of fused-ring (bicyclic) bond motifs is 2. The van der Waals surface area contributed by atoms with Crippen LogP contribution in [0.4, 0.5) is 8.78 Å². The third-order valence-corrected chi connectivity index (χ3v) is 9.77. The number of nitrogens with zero attached hydrogens (tertiary/aromatic N) is 7. The van der Waals surface area contributed by atoms with Gasteiger partial charge in [0.2, 0.25) is 0 Å². The van der Waals surface area contributed by atoms with E-state index in [1.807, 2.05) is 6.07 Å². The second kappa shape index (κ2) is 19.8. The Morgan fingerprint density at radius 3 is 1.77 bits per heavy atom. The number of alkyl halides is 2. The maximum absolute atomic E-state index is 14.9. The molecule has 4 unspecified atom stereocenters. The minimum Gasteiger partial charge on any atom is -0.473 e. The molecule has 0 radical (unpaired) electrons. The molecular formula is C34H47F2N7O12S. The maximum Gasteiger partial charge on any atom is 0.414 e. The first-order valence-electron chi connectivity index (χ1n) is 17.4. The average Bonchev–Trinajstić information content (AvgIpc) is 3.33. The SMILES string of the molecule is Cc1cccc(COC2CC3CCC(C2)N3CC(F)Cn2c(=O)nc(C)n(C)c2=O)c1.Cc1nc(=O)n(CC(F)COS(C)(=O)=O)c(=O)n1C.O=C(O)C(=O)O. The van der Waals surface area contributed by atoms with Crippen LogP contribution < -0.4 is 22.8 Å². The molecule has 2 aliphatic rings. The van der Waals surface area contributed by atoms with Crippen molar-refractivity contribution in [3.05, 3.63) is 89.0 Å². The predicted octanol–water partition coefficient (Wildman–Crippen LogP) is -0.171. The van der Waals surface area contributed by atoms with E-state index < -0.39 is 70.3 Å². The number of hydrogen-bond donors (Lipinski definition) is 2. The molecule has 19 nitrogen and oxygen atoms in total. The van der Waals surface area contributed by atoms with Gasteiger partial charge in [0, 0.05) is 32.7 Å². The molecule has 56 heavy (non-hydrogen) atoms. The van der Waals surface area contributed by atoms with Gasteiger partial charge in [-0.1, -0.05) is 29.8 Å². The summed E-state index contributed by atoms with van der Waals surface area (Å²) in [6.07, 6.45) is 1.70. The summed E-state index contributed by atoms with van der Waals surface area (Å²) in [6.45, 7) is 4.31. The van der Waals surface area contributed by atoms with E-state index in [0.717, 1.165) is 41.1 Å². The van der Waals surface area contributed by atoms with Crippen molar-refractivity contribution >= 4 is 22.1 Å². The predicted molar refractivity (Wildman–Crippen MR) is 195 cm³/mol. The van der Waals surface area contributed by atoms with Crippen molar-refractivity contribution < 1.29 is 45.9 Å². The fourth-order valence-electron chi connectivity index (χ4n) is 6.27. The van der Waals surface area contributed by atoms with Gasteiger partial charge in [0.05, 0.1) is 38.7 Å². The summed E-state index contributed by atoms with van der Waals surface area (Å²) in [5, 5.41) is 14.8. The van der Waals surface area contributed by atoms with Crippen molar-refractivity contribution in [1.29, 1.82) is 0 Å². The normalized spacial score (nSPS) is 18.9. The standard InChI is InChI=1S/C23H31FN4O3.C9H14FN3O5S.C2H2O4/c1-15-5-4-6-17(9-15)14-31-21-10-19-7-8-20(11-21)27(19)12-18(24)13-28-22(29)25-16(2)26(3)23(28)30;1-6-11-8(14)13(9(15)12(6)2)4-7(10)5-18-19(3,16)17;3-1(4)2(5)6/h4-6,9,18-21H,7-8,10-14H2,1-3H3;7H,4-5H2,1-3H3;(H,3,4)(H,5,6). The van der Waals surface area contributed by atoms with E-state index in [9.17, 15) is 36.4 Å². The van der Waals surface area contributed by atoms with Gasteiger partial charge in [0.25, 0.3) is 10.1 Å². The van der Waals surface area contributed by atoms with Gasteiger partial charge in [-0.15, -0.1) is 0 Å². The summed E-state index contributed by atoms with van der Waals surface area (Å²) in [5.41, 5.74) is -0.414. The number of ether oxygens (including phenoxy) is 1. The summed E-state index contributed by atoms with van der Waals surface area (Å²) in [4.78, 5) is 75.3. The largest absolute Gasteiger partial charge is 0.473 e. The minimum absolute atomic E-state index is 0.184. The monoisotopic (exact) mass is 815 g/mol. The number of aromatic nitrogens is 6. The lowest BCUT2D eigenvalue weighted by Crippen LogP contribution is -2.50. The van der Waals surface area contributed by atoms with Crippen LogP contribution in [-0.4, -0.2) is 114 Å². The van der Waals surface area contributed by atoms with Crippen LogP contribution in [0.3, 0.4) is 0 Å². The van der Waals surface area contributed by atoms with Crippen LogP contribution in [0.2, 0.25) is 0 Å².